The highest BCUT2D eigenvalue weighted by Crippen LogP contribution is 2.49. The number of aliphatic hydroxyl groups excluding tert-OH is 7. The Hall–Kier alpha value is -0.690. The molecule has 1 saturated carbocycles. The number of fused-ring (bicyclic) bond motifs is 1. The van der Waals surface area contributed by atoms with Crippen molar-refractivity contribution in [1.29, 1.82) is 0 Å². The summed E-state index contributed by atoms with van der Waals surface area (Å²) in [4.78, 5) is 0. The van der Waals surface area contributed by atoms with Gasteiger partial charge in [0.05, 0.1) is 30.8 Å². The van der Waals surface area contributed by atoms with Gasteiger partial charge in [-0.2, -0.15) is 8.42 Å². The van der Waals surface area contributed by atoms with Gasteiger partial charge in [-0.15, -0.1) is 0 Å². The van der Waals surface area contributed by atoms with Crippen LogP contribution in [0, 0.1) is 5.92 Å². The zero-order chi connectivity index (χ0) is 30.4. The molecule has 0 amide bonds. The van der Waals surface area contributed by atoms with E-state index in [0.717, 1.165) is 0 Å². The minimum Gasteiger partial charge on any atom is -0.394 e. The smallest absolute Gasteiger partial charge is 0.394 e. The van der Waals surface area contributed by atoms with Crippen molar-refractivity contribution in [2.24, 2.45) is 5.92 Å². The van der Waals surface area contributed by atoms with Crippen LogP contribution in [0.5, 0.6) is 0 Å². The van der Waals surface area contributed by atoms with Crippen LogP contribution in [-0.2, 0) is 43.0 Å². The Morgan fingerprint density at radius 3 is 2.05 bits per heavy atom. The van der Waals surface area contributed by atoms with Gasteiger partial charge in [-0.3, -0.25) is 4.55 Å². The van der Waals surface area contributed by atoms with Crippen LogP contribution in [0.25, 0.3) is 0 Å². The SMILES string of the molecule is CCCO[C@@H]1O[C@H](CO)[C@@H](O[C@@H]2O[C@@H](C)[C@@H](O)[C@@H](O)[C@@H]2O)[C@H](O[C@@H]2O[C@@H]3CC(O)(OS(=O)(=O)O)[C@@H]3[C@H](O)[C@H]2O)[C@H]1O. The second-order valence-electron chi connectivity index (χ2n) is 10.6. The Morgan fingerprint density at radius 1 is 0.829 bits per heavy atom. The lowest BCUT2D eigenvalue weighted by molar-refractivity contribution is -0.412. The van der Waals surface area contributed by atoms with Gasteiger partial charge in [0, 0.05) is 13.0 Å². The van der Waals surface area contributed by atoms with Crippen LogP contribution in [0.2, 0.25) is 0 Å². The average molecular weight is 623 g/mol. The Kier molecular flexibility index (Phi) is 10.3. The predicted octanol–water partition coefficient (Wildman–Crippen LogP) is -4.94. The second kappa shape index (κ2) is 12.7. The summed E-state index contributed by atoms with van der Waals surface area (Å²) < 4.78 is 69.4. The van der Waals surface area contributed by atoms with Crippen LogP contribution in [0.15, 0.2) is 0 Å². The molecule has 0 aromatic heterocycles. The topological polar surface area (TPSA) is 281 Å². The van der Waals surface area contributed by atoms with Gasteiger partial charge in [-0.05, 0) is 13.3 Å². The van der Waals surface area contributed by atoms with Crippen LogP contribution in [-0.4, -0.2) is 159 Å². The molecule has 0 bridgehead atoms. The van der Waals surface area contributed by atoms with E-state index < -0.39 is 121 Å². The minimum atomic E-state index is -5.13. The minimum absolute atomic E-state index is 0.127. The lowest BCUT2D eigenvalue weighted by atomic mass is 9.68. The molecule has 240 valence electrons. The van der Waals surface area contributed by atoms with Gasteiger partial charge in [0.15, 0.2) is 24.7 Å². The summed E-state index contributed by atoms with van der Waals surface area (Å²) in [6, 6.07) is 0. The van der Waals surface area contributed by atoms with E-state index in [2.05, 4.69) is 4.18 Å². The lowest BCUT2D eigenvalue weighted by Gasteiger charge is -2.56. The molecule has 3 heterocycles. The zero-order valence-corrected chi connectivity index (χ0v) is 22.9. The second-order valence-corrected chi connectivity index (χ2v) is 11.6. The number of aliphatic hydroxyl groups is 8. The van der Waals surface area contributed by atoms with Crippen LogP contribution < -0.4 is 0 Å². The van der Waals surface area contributed by atoms with E-state index in [9.17, 15) is 49.3 Å². The van der Waals surface area contributed by atoms with Crippen molar-refractivity contribution in [2.75, 3.05) is 13.2 Å². The summed E-state index contributed by atoms with van der Waals surface area (Å²) in [6.45, 7) is 2.59. The molecule has 9 N–H and O–H groups in total. The van der Waals surface area contributed by atoms with Crippen LogP contribution in [0.3, 0.4) is 0 Å². The molecule has 18 nitrogen and oxygen atoms in total. The summed E-state index contributed by atoms with van der Waals surface area (Å²) in [6.07, 6.45) is -21.7. The first-order valence-corrected chi connectivity index (χ1v) is 14.5. The molecule has 3 aliphatic heterocycles. The van der Waals surface area contributed by atoms with E-state index >= 15 is 0 Å². The van der Waals surface area contributed by atoms with Crippen LogP contribution in [0.4, 0.5) is 0 Å². The maximum absolute atomic E-state index is 11.1. The third kappa shape index (κ3) is 6.71. The van der Waals surface area contributed by atoms with Crippen molar-refractivity contribution in [3.8, 4) is 0 Å². The molecule has 0 aromatic rings. The molecule has 19 heteroatoms. The molecule has 3 saturated heterocycles. The monoisotopic (exact) mass is 622 g/mol. The summed E-state index contributed by atoms with van der Waals surface area (Å²) in [5, 5.41) is 83.7. The van der Waals surface area contributed by atoms with Crippen LogP contribution >= 0.6 is 0 Å². The standard InChI is InChI=1S/C22H38O18S/c1-3-4-34-19-16(29)18(17(9(6-23)37-19)38-20-15(28)13(26)11(24)7(2)35-20)39-21-14(27)12(25)10-8(36-21)5-22(10,30)40-41(31,32)33/h7-21,23-30H,3-6H2,1-2H3,(H,31,32,33)/t7-,8+,9+,10-,11+,12-,13+,14+,15-,16+,17+,18+,19+,20-,21-,22?/m0/s1. The fourth-order valence-corrected chi connectivity index (χ4v) is 6.02. The van der Waals surface area contributed by atoms with Gasteiger partial charge < -0.3 is 69.3 Å². The van der Waals surface area contributed by atoms with E-state index in [-0.39, 0.29) is 6.61 Å². The molecule has 0 spiro atoms. The first kappa shape index (κ1) is 33.2. The maximum atomic E-state index is 11.1. The van der Waals surface area contributed by atoms with E-state index in [0.29, 0.717) is 6.42 Å². The Morgan fingerprint density at radius 2 is 1.44 bits per heavy atom. The van der Waals surface area contributed by atoms with Crippen molar-refractivity contribution < 1.29 is 86.4 Å². The van der Waals surface area contributed by atoms with Gasteiger partial charge in [0.1, 0.15) is 48.8 Å². The van der Waals surface area contributed by atoms with Crippen molar-refractivity contribution in [2.45, 2.75) is 118 Å². The summed E-state index contributed by atoms with van der Waals surface area (Å²) in [5.41, 5.74) is 0. The fourth-order valence-electron chi connectivity index (χ4n) is 5.48. The summed E-state index contributed by atoms with van der Waals surface area (Å²) in [7, 11) is -5.13. The Bertz CT molecular complexity index is 986. The molecule has 1 aliphatic carbocycles. The van der Waals surface area contributed by atoms with E-state index in [4.69, 9.17) is 33.0 Å². The molecule has 4 rings (SSSR count). The largest absolute Gasteiger partial charge is 0.400 e. The summed E-state index contributed by atoms with van der Waals surface area (Å²) >= 11 is 0. The third-order valence-electron chi connectivity index (χ3n) is 7.64. The zero-order valence-electron chi connectivity index (χ0n) is 22.1. The molecular weight excluding hydrogens is 584 g/mol. The summed E-state index contributed by atoms with van der Waals surface area (Å²) in [5.74, 6) is -4.10. The normalized spacial score (nSPS) is 50.7. The van der Waals surface area contributed by atoms with E-state index in [1.165, 1.54) is 6.92 Å². The van der Waals surface area contributed by atoms with E-state index in [1.807, 2.05) is 0 Å². The molecule has 16 atom stereocenters. The lowest BCUT2D eigenvalue weighted by Crippen LogP contribution is -2.72. The number of rotatable bonds is 10. The Labute approximate surface area is 234 Å². The average Bonchev–Trinajstić information content (AvgIpc) is 2.88. The quantitative estimate of drug-likeness (QED) is 0.0815. The highest BCUT2D eigenvalue weighted by atomic mass is 32.3. The van der Waals surface area contributed by atoms with Crippen molar-refractivity contribution in [1.82, 2.24) is 0 Å². The van der Waals surface area contributed by atoms with Crippen molar-refractivity contribution in [3.63, 3.8) is 0 Å². The molecule has 41 heavy (non-hydrogen) atoms. The first-order chi connectivity index (χ1) is 19.1. The van der Waals surface area contributed by atoms with Gasteiger partial charge >= 0.3 is 10.4 Å². The highest BCUT2D eigenvalue weighted by molar-refractivity contribution is 7.80. The molecule has 0 radical (unpaired) electrons. The van der Waals surface area contributed by atoms with Crippen LogP contribution in [0.1, 0.15) is 26.7 Å². The van der Waals surface area contributed by atoms with Gasteiger partial charge in [0.2, 0.25) is 0 Å². The van der Waals surface area contributed by atoms with Crippen molar-refractivity contribution in [3.05, 3.63) is 0 Å². The molecule has 4 fully saturated rings. The molecular formula is C22H38O18S. The van der Waals surface area contributed by atoms with Gasteiger partial charge in [-0.25, -0.2) is 4.18 Å². The number of hydrogen-bond donors (Lipinski definition) is 9. The van der Waals surface area contributed by atoms with E-state index in [1.54, 1.807) is 6.92 Å². The molecule has 1 unspecified atom stereocenters. The predicted molar refractivity (Wildman–Crippen MR) is 126 cm³/mol. The third-order valence-corrected chi connectivity index (χ3v) is 8.14. The van der Waals surface area contributed by atoms with Gasteiger partial charge in [0.25, 0.3) is 0 Å². The number of ether oxygens (including phenoxy) is 6. The molecule has 0 aromatic carbocycles. The first-order valence-electron chi connectivity index (χ1n) is 13.1. The number of hydrogen-bond acceptors (Lipinski definition) is 17. The molecule has 4 aliphatic rings. The van der Waals surface area contributed by atoms with Crippen molar-refractivity contribution >= 4 is 10.4 Å². The Balaban J connectivity index is 1.56. The van der Waals surface area contributed by atoms with Gasteiger partial charge in [-0.1, -0.05) is 6.92 Å². The maximum Gasteiger partial charge on any atom is 0.400 e. The highest BCUT2D eigenvalue weighted by Gasteiger charge is 2.66. The fraction of sp³-hybridized carbons (Fsp3) is 1.00.